The van der Waals surface area contributed by atoms with E-state index in [4.69, 9.17) is 0 Å². The molecule has 0 aliphatic carbocycles. The van der Waals surface area contributed by atoms with Gasteiger partial charge in [0.25, 0.3) is 5.56 Å². The van der Waals surface area contributed by atoms with E-state index in [0.29, 0.717) is 23.5 Å². The Bertz CT molecular complexity index is 1220. The fourth-order valence-electron chi connectivity index (χ4n) is 3.05. The fourth-order valence-corrected chi connectivity index (χ4v) is 3.77. The number of para-hydroxylation sites is 1. The van der Waals surface area contributed by atoms with E-state index >= 15 is 0 Å². The lowest BCUT2D eigenvalue weighted by atomic mass is 10.1. The molecule has 0 atom stereocenters. The van der Waals surface area contributed by atoms with E-state index in [-0.39, 0.29) is 17.9 Å². The van der Waals surface area contributed by atoms with Crippen molar-refractivity contribution < 1.29 is 4.79 Å². The van der Waals surface area contributed by atoms with E-state index < -0.39 is 0 Å². The highest BCUT2D eigenvalue weighted by Crippen LogP contribution is 2.23. The Morgan fingerprint density at radius 2 is 2.03 bits per heavy atom. The van der Waals surface area contributed by atoms with Crippen LogP contribution < -0.4 is 10.9 Å². The van der Waals surface area contributed by atoms with Crippen molar-refractivity contribution in [3.8, 4) is 11.4 Å². The molecule has 4 aromatic rings. The molecule has 0 aliphatic heterocycles. The molecule has 29 heavy (non-hydrogen) atoms. The molecule has 1 N–H and O–H groups in total. The van der Waals surface area contributed by atoms with Crippen molar-refractivity contribution in [2.75, 3.05) is 5.32 Å². The largest absolute Gasteiger partial charge is 0.302 e. The van der Waals surface area contributed by atoms with Gasteiger partial charge in [0.15, 0.2) is 5.13 Å². The Labute approximate surface area is 171 Å². The minimum Gasteiger partial charge on any atom is -0.302 e. The van der Waals surface area contributed by atoms with E-state index in [1.807, 2.05) is 42.6 Å². The van der Waals surface area contributed by atoms with Gasteiger partial charge >= 0.3 is 0 Å². The Morgan fingerprint density at radius 3 is 2.86 bits per heavy atom. The second-order valence-corrected chi connectivity index (χ2v) is 7.48. The second-order valence-electron chi connectivity index (χ2n) is 6.62. The minimum absolute atomic E-state index is 0.0842. The quantitative estimate of drug-likeness (QED) is 0.529. The molecule has 0 radical (unpaired) electrons. The number of aryl methyl sites for hydroxylation is 2. The Balaban J connectivity index is 1.35. The predicted molar refractivity (Wildman–Crippen MR) is 114 cm³/mol. The van der Waals surface area contributed by atoms with E-state index in [2.05, 4.69) is 20.3 Å². The van der Waals surface area contributed by atoms with Crippen molar-refractivity contribution in [1.29, 1.82) is 0 Å². The van der Waals surface area contributed by atoms with Crippen LogP contribution in [0, 0.1) is 6.92 Å². The molecule has 3 heterocycles. The number of pyridine rings is 1. The van der Waals surface area contributed by atoms with Crippen LogP contribution in [-0.2, 0) is 11.3 Å². The van der Waals surface area contributed by atoms with Crippen LogP contribution in [0.5, 0.6) is 0 Å². The lowest BCUT2D eigenvalue weighted by molar-refractivity contribution is -0.116. The normalized spacial score (nSPS) is 10.9. The van der Waals surface area contributed by atoms with Gasteiger partial charge in [0.05, 0.1) is 22.9 Å². The number of fused-ring (bicyclic) bond motifs is 1. The number of hydrogen-bond donors (Lipinski definition) is 1. The van der Waals surface area contributed by atoms with Crippen LogP contribution in [0.25, 0.3) is 22.3 Å². The summed E-state index contributed by atoms with van der Waals surface area (Å²) in [6, 6.07) is 11.2. The predicted octanol–water partition coefficient (Wildman–Crippen LogP) is 3.64. The minimum atomic E-state index is -0.135. The van der Waals surface area contributed by atoms with Crippen LogP contribution in [-0.4, -0.2) is 25.4 Å². The third-order valence-corrected chi connectivity index (χ3v) is 5.29. The van der Waals surface area contributed by atoms with Crippen LogP contribution in [0.4, 0.5) is 5.13 Å². The number of anilines is 1. The number of rotatable bonds is 6. The monoisotopic (exact) mass is 405 g/mol. The molecular formula is C21H19N5O2S. The molecule has 8 heteroatoms. The van der Waals surface area contributed by atoms with Gasteiger partial charge in [-0.3, -0.25) is 19.1 Å². The molecule has 146 valence electrons. The number of hydrogen-bond acceptors (Lipinski definition) is 6. The summed E-state index contributed by atoms with van der Waals surface area (Å²) >= 11 is 1.36. The van der Waals surface area contributed by atoms with Gasteiger partial charge in [-0.1, -0.05) is 18.2 Å². The molecule has 1 amide bonds. The SMILES string of the molecule is Cc1cccc2c(=O)n(CCCC(=O)Nc3nc(-c4ccccn4)cs3)cnc12. The molecule has 0 fully saturated rings. The number of carbonyl (C=O) groups excluding carboxylic acids is 1. The van der Waals surface area contributed by atoms with Crippen molar-refractivity contribution in [2.24, 2.45) is 0 Å². The van der Waals surface area contributed by atoms with Crippen LogP contribution in [0.3, 0.4) is 0 Å². The number of benzene rings is 1. The molecule has 0 saturated heterocycles. The Morgan fingerprint density at radius 1 is 1.14 bits per heavy atom. The van der Waals surface area contributed by atoms with Crippen LogP contribution >= 0.6 is 11.3 Å². The van der Waals surface area contributed by atoms with Gasteiger partial charge in [-0.2, -0.15) is 0 Å². The van der Waals surface area contributed by atoms with Gasteiger partial charge in [-0.05, 0) is 37.1 Å². The summed E-state index contributed by atoms with van der Waals surface area (Å²) in [5, 5.41) is 5.81. The van der Waals surface area contributed by atoms with Crippen molar-refractivity contribution in [2.45, 2.75) is 26.3 Å². The zero-order valence-corrected chi connectivity index (χ0v) is 16.6. The van der Waals surface area contributed by atoms with Crippen LogP contribution in [0.15, 0.2) is 59.1 Å². The summed E-state index contributed by atoms with van der Waals surface area (Å²) < 4.78 is 1.55. The molecule has 0 bridgehead atoms. The standard InChI is InChI=1S/C21H19N5O2S/c1-14-6-4-7-15-19(14)23-13-26(20(15)28)11-5-9-18(27)25-21-24-17(12-29-21)16-8-2-3-10-22-16/h2-4,6-8,10,12-13H,5,9,11H2,1H3,(H,24,25,27). The average Bonchev–Trinajstić information content (AvgIpc) is 3.19. The number of carbonyl (C=O) groups is 1. The summed E-state index contributed by atoms with van der Waals surface area (Å²) in [5.74, 6) is -0.135. The molecular weight excluding hydrogens is 386 g/mol. The number of aromatic nitrogens is 4. The highest BCUT2D eigenvalue weighted by molar-refractivity contribution is 7.14. The molecule has 3 aromatic heterocycles. The van der Waals surface area contributed by atoms with Gasteiger partial charge in [-0.15, -0.1) is 11.3 Å². The first-order valence-electron chi connectivity index (χ1n) is 9.23. The van der Waals surface area contributed by atoms with Gasteiger partial charge < -0.3 is 5.32 Å². The Hall–Kier alpha value is -3.39. The summed E-state index contributed by atoms with van der Waals surface area (Å²) in [7, 11) is 0. The molecule has 0 aliphatic rings. The summed E-state index contributed by atoms with van der Waals surface area (Å²) in [4.78, 5) is 37.9. The number of amides is 1. The van der Waals surface area contributed by atoms with Gasteiger partial charge in [-0.25, -0.2) is 9.97 Å². The maximum atomic E-state index is 12.6. The van der Waals surface area contributed by atoms with Crippen LogP contribution in [0.1, 0.15) is 18.4 Å². The first kappa shape index (κ1) is 18.9. The smallest absolute Gasteiger partial charge is 0.261 e. The zero-order valence-electron chi connectivity index (χ0n) is 15.8. The van der Waals surface area contributed by atoms with Gasteiger partial charge in [0.1, 0.15) is 5.69 Å². The Kier molecular flexibility index (Phi) is 5.44. The maximum Gasteiger partial charge on any atom is 0.261 e. The van der Waals surface area contributed by atoms with Crippen molar-refractivity contribution in [3.05, 3.63) is 70.2 Å². The highest BCUT2D eigenvalue weighted by Gasteiger charge is 2.10. The molecule has 0 saturated carbocycles. The van der Waals surface area contributed by atoms with E-state index in [0.717, 1.165) is 22.5 Å². The van der Waals surface area contributed by atoms with Gasteiger partial charge in [0, 0.05) is 24.5 Å². The summed E-state index contributed by atoms with van der Waals surface area (Å²) in [6.07, 6.45) is 4.08. The average molecular weight is 405 g/mol. The summed E-state index contributed by atoms with van der Waals surface area (Å²) in [6.45, 7) is 2.36. The second kappa shape index (κ2) is 8.32. The highest BCUT2D eigenvalue weighted by atomic mass is 32.1. The molecule has 4 rings (SSSR count). The molecule has 0 unspecified atom stereocenters. The van der Waals surface area contributed by atoms with E-state index in [1.54, 1.807) is 23.2 Å². The first-order chi connectivity index (χ1) is 14.1. The zero-order chi connectivity index (χ0) is 20.2. The first-order valence-corrected chi connectivity index (χ1v) is 10.1. The van der Waals surface area contributed by atoms with Crippen molar-refractivity contribution in [3.63, 3.8) is 0 Å². The van der Waals surface area contributed by atoms with Crippen molar-refractivity contribution in [1.82, 2.24) is 19.5 Å². The summed E-state index contributed by atoms with van der Waals surface area (Å²) in [5.41, 5.74) is 3.11. The van der Waals surface area contributed by atoms with E-state index in [1.165, 1.54) is 11.3 Å². The lowest BCUT2D eigenvalue weighted by Crippen LogP contribution is -2.22. The molecule has 7 nitrogen and oxygen atoms in total. The number of nitrogens with zero attached hydrogens (tertiary/aromatic N) is 4. The fraction of sp³-hybridized carbons (Fsp3) is 0.190. The van der Waals surface area contributed by atoms with Crippen LogP contribution in [0.2, 0.25) is 0 Å². The van der Waals surface area contributed by atoms with E-state index in [9.17, 15) is 9.59 Å². The maximum absolute atomic E-state index is 12.6. The number of thiazole rings is 1. The third-order valence-electron chi connectivity index (χ3n) is 4.54. The molecule has 0 spiro atoms. The number of nitrogens with one attached hydrogen (secondary N) is 1. The topological polar surface area (TPSA) is 89.8 Å². The lowest BCUT2D eigenvalue weighted by Gasteiger charge is -2.07. The third kappa shape index (κ3) is 4.22. The molecule has 1 aromatic carbocycles. The van der Waals surface area contributed by atoms with Gasteiger partial charge in [0.2, 0.25) is 5.91 Å². The van der Waals surface area contributed by atoms with Crippen molar-refractivity contribution >= 4 is 33.3 Å².